The highest BCUT2D eigenvalue weighted by atomic mass is 19.1. The first-order valence-corrected chi connectivity index (χ1v) is 8.27. The van der Waals surface area contributed by atoms with Crippen molar-refractivity contribution in [1.29, 1.82) is 0 Å². The summed E-state index contributed by atoms with van der Waals surface area (Å²) in [6.07, 6.45) is 3.07. The number of nitrogens with one attached hydrogen (secondary N) is 1. The molecule has 23 heavy (non-hydrogen) atoms. The van der Waals surface area contributed by atoms with Crippen molar-refractivity contribution in [3.05, 3.63) is 17.5 Å². The number of alkyl halides is 1. The van der Waals surface area contributed by atoms with Gasteiger partial charge in [0.25, 0.3) is 0 Å². The van der Waals surface area contributed by atoms with Crippen molar-refractivity contribution in [3.8, 4) is 0 Å². The van der Waals surface area contributed by atoms with Crippen LogP contribution in [0.15, 0.2) is 10.7 Å². The Morgan fingerprint density at radius 1 is 1.57 bits per heavy atom. The number of halogens is 1. The molecule has 2 saturated heterocycles. The van der Waals surface area contributed by atoms with Gasteiger partial charge >= 0.3 is 0 Å². The standard InChI is InChI=1S/C16H24FN3O3/c1-11-13(6-19-23-11)8-20-9-14(17)5-15(20)7-18-16(21)12-3-2-4-22-10-12/h6,12,14-15H,2-5,7-10H2,1H3,(H,18,21)/t12-,14+,15+/m1/s1. The number of rotatable bonds is 5. The predicted molar refractivity (Wildman–Crippen MR) is 81.5 cm³/mol. The van der Waals surface area contributed by atoms with Crippen LogP contribution in [-0.2, 0) is 16.1 Å². The van der Waals surface area contributed by atoms with Gasteiger partial charge in [0.05, 0.1) is 18.7 Å². The second-order valence-corrected chi connectivity index (χ2v) is 6.48. The third-order valence-electron chi connectivity index (χ3n) is 4.74. The largest absolute Gasteiger partial charge is 0.381 e. The van der Waals surface area contributed by atoms with Gasteiger partial charge in [-0.25, -0.2) is 4.39 Å². The van der Waals surface area contributed by atoms with E-state index in [0.29, 0.717) is 32.7 Å². The highest BCUT2D eigenvalue weighted by molar-refractivity contribution is 5.78. The van der Waals surface area contributed by atoms with E-state index in [1.54, 1.807) is 6.20 Å². The Bertz CT molecular complexity index is 530. The van der Waals surface area contributed by atoms with Crippen molar-refractivity contribution in [2.75, 3.05) is 26.3 Å². The fourth-order valence-electron chi connectivity index (χ4n) is 3.33. The van der Waals surface area contributed by atoms with Crippen LogP contribution in [0.1, 0.15) is 30.6 Å². The molecule has 2 aliphatic heterocycles. The zero-order valence-electron chi connectivity index (χ0n) is 13.5. The van der Waals surface area contributed by atoms with Crippen molar-refractivity contribution in [1.82, 2.24) is 15.4 Å². The second-order valence-electron chi connectivity index (χ2n) is 6.48. The molecule has 2 aliphatic rings. The Kier molecular flexibility index (Phi) is 5.27. The average molecular weight is 325 g/mol. The lowest BCUT2D eigenvalue weighted by Crippen LogP contribution is -2.43. The summed E-state index contributed by atoms with van der Waals surface area (Å²) in [6.45, 7) is 4.54. The van der Waals surface area contributed by atoms with Crippen LogP contribution in [-0.4, -0.2) is 54.5 Å². The van der Waals surface area contributed by atoms with Crippen LogP contribution in [0.4, 0.5) is 4.39 Å². The van der Waals surface area contributed by atoms with Crippen LogP contribution >= 0.6 is 0 Å². The van der Waals surface area contributed by atoms with Gasteiger partial charge in [-0.2, -0.15) is 0 Å². The molecule has 0 unspecified atom stereocenters. The maximum absolute atomic E-state index is 13.8. The molecule has 1 amide bonds. The fraction of sp³-hybridized carbons (Fsp3) is 0.750. The first kappa shape index (κ1) is 16.4. The van der Waals surface area contributed by atoms with Crippen LogP contribution < -0.4 is 5.32 Å². The quantitative estimate of drug-likeness (QED) is 0.887. The molecule has 6 nitrogen and oxygen atoms in total. The Labute approximate surface area is 135 Å². The number of aryl methyl sites for hydroxylation is 1. The fourth-order valence-corrected chi connectivity index (χ4v) is 3.33. The molecule has 128 valence electrons. The van der Waals surface area contributed by atoms with E-state index in [2.05, 4.69) is 15.4 Å². The van der Waals surface area contributed by atoms with Crippen molar-refractivity contribution < 1.29 is 18.4 Å². The minimum atomic E-state index is -0.852. The number of likely N-dealkylation sites (tertiary alicyclic amines) is 1. The molecule has 0 saturated carbocycles. The number of ether oxygens (including phenoxy) is 1. The van der Waals surface area contributed by atoms with Crippen LogP contribution in [0.25, 0.3) is 0 Å². The minimum absolute atomic E-state index is 0.00718. The predicted octanol–water partition coefficient (Wildman–Crippen LogP) is 1.44. The van der Waals surface area contributed by atoms with Crippen molar-refractivity contribution in [3.63, 3.8) is 0 Å². The number of carbonyl (C=O) groups is 1. The van der Waals surface area contributed by atoms with Gasteiger partial charge in [0.2, 0.25) is 5.91 Å². The summed E-state index contributed by atoms with van der Waals surface area (Å²) in [5, 5.41) is 6.74. The molecular weight excluding hydrogens is 301 g/mol. The molecule has 0 radical (unpaired) electrons. The molecule has 0 spiro atoms. The van der Waals surface area contributed by atoms with Gasteiger partial charge in [-0.3, -0.25) is 9.69 Å². The molecule has 3 heterocycles. The zero-order chi connectivity index (χ0) is 16.2. The molecule has 7 heteroatoms. The van der Waals surface area contributed by atoms with Gasteiger partial charge in [-0.15, -0.1) is 0 Å². The minimum Gasteiger partial charge on any atom is -0.381 e. The molecule has 2 fully saturated rings. The van der Waals surface area contributed by atoms with E-state index in [1.807, 2.05) is 6.92 Å². The topological polar surface area (TPSA) is 67.6 Å². The van der Waals surface area contributed by atoms with Crippen molar-refractivity contribution in [2.24, 2.45) is 5.92 Å². The summed E-state index contributed by atoms with van der Waals surface area (Å²) in [5.74, 6) is 0.711. The maximum atomic E-state index is 13.8. The van der Waals surface area contributed by atoms with E-state index in [-0.39, 0.29) is 17.9 Å². The Balaban J connectivity index is 1.52. The number of amides is 1. The SMILES string of the molecule is Cc1oncc1CN1C[C@@H](F)C[C@H]1CNC(=O)[C@@H]1CCCOC1. The van der Waals surface area contributed by atoms with Crippen LogP contribution in [0.5, 0.6) is 0 Å². The van der Waals surface area contributed by atoms with E-state index >= 15 is 0 Å². The van der Waals surface area contributed by atoms with Crippen LogP contribution in [0.2, 0.25) is 0 Å². The lowest BCUT2D eigenvalue weighted by atomic mass is 10.0. The van der Waals surface area contributed by atoms with Crippen molar-refractivity contribution in [2.45, 2.75) is 44.9 Å². The zero-order valence-corrected chi connectivity index (χ0v) is 13.5. The van der Waals surface area contributed by atoms with E-state index < -0.39 is 6.17 Å². The van der Waals surface area contributed by atoms with Gasteiger partial charge in [0, 0.05) is 37.8 Å². The summed E-state index contributed by atoms with van der Waals surface area (Å²) in [5.41, 5.74) is 0.969. The van der Waals surface area contributed by atoms with E-state index in [9.17, 15) is 9.18 Å². The number of nitrogens with zero attached hydrogens (tertiary/aromatic N) is 2. The van der Waals surface area contributed by atoms with Gasteiger partial charge in [0.1, 0.15) is 11.9 Å². The Hall–Kier alpha value is -1.47. The first-order valence-electron chi connectivity index (χ1n) is 8.27. The van der Waals surface area contributed by atoms with Gasteiger partial charge < -0.3 is 14.6 Å². The van der Waals surface area contributed by atoms with Crippen molar-refractivity contribution >= 4 is 5.91 Å². The van der Waals surface area contributed by atoms with E-state index in [1.165, 1.54) is 0 Å². The Morgan fingerprint density at radius 2 is 2.43 bits per heavy atom. The molecule has 1 N–H and O–H groups in total. The van der Waals surface area contributed by atoms with E-state index in [0.717, 1.165) is 30.8 Å². The molecule has 3 atom stereocenters. The maximum Gasteiger partial charge on any atom is 0.225 e. The number of hydrogen-bond donors (Lipinski definition) is 1. The molecule has 3 rings (SSSR count). The molecule has 0 aromatic carbocycles. The second kappa shape index (κ2) is 7.40. The molecule has 1 aromatic heterocycles. The highest BCUT2D eigenvalue weighted by Crippen LogP contribution is 2.23. The summed E-state index contributed by atoms with van der Waals surface area (Å²) in [6, 6.07) is 0.00718. The summed E-state index contributed by atoms with van der Waals surface area (Å²) >= 11 is 0. The highest BCUT2D eigenvalue weighted by Gasteiger charge is 2.33. The molecule has 0 bridgehead atoms. The van der Waals surface area contributed by atoms with Gasteiger partial charge in [-0.1, -0.05) is 5.16 Å². The third kappa shape index (κ3) is 4.09. The number of hydrogen-bond acceptors (Lipinski definition) is 5. The number of aromatic nitrogens is 1. The first-order chi connectivity index (χ1) is 11.1. The molecule has 0 aliphatic carbocycles. The molecule has 1 aromatic rings. The number of carbonyl (C=O) groups excluding carboxylic acids is 1. The summed E-state index contributed by atoms with van der Waals surface area (Å²) in [4.78, 5) is 14.2. The monoisotopic (exact) mass is 325 g/mol. The summed E-state index contributed by atoms with van der Waals surface area (Å²) in [7, 11) is 0. The van der Waals surface area contributed by atoms with Gasteiger partial charge in [-0.05, 0) is 26.2 Å². The lowest BCUT2D eigenvalue weighted by Gasteiger charge is -2.26. The van der Waals surface area contributed by atoms with Crippen LogP contribution in [0.3, 0.4) is 0 Å². The third-order valence-corrected chi connectivity index (χ3v) is 4.74. The van der Waals surface area contributed by atoms with E-state index in [4.69, 9.17) is 9.26 Å². The normalized spacial score (nSPS) is 28.9. The Morgan fingerprint density at radius 3 is 3.13 bits per heavy atom. The smallest absolute Gasteiger partial charge is 0.225 e. The lowest BCUT2D eigenvalue weighted by molar-refractivity contribution is -0.129. The van der Waals surface area contributed by atoms with Gasteiger partial charge in [0.15, 0.2) is 0 Å². The average Bonchev–Trinajstić information content (AvgIpc) is 3.12. The van der Waals surface area contributed by atoms with Crippen LogP contribution in [0, 0.1) is 12.8 Å². The molecular formula is C16H24FN3O3. The summed E-state index contributed by atoms with van der Waals surface area (Å²) < 4.78 is 24.2.